The number of piperidine rings is 1. The van der Waals surface area contributed by atoms with Gasteiger partial charge in [-0.1, -0.05) is 33.2 Å². The summed E-state index contributed by atoms with van der Waals surface area (Å²) >= 11 is 3.42. The molecule has 3 heterocycles. The number of hydrogen-bond acceptors (Lipinski definition) is 6. The van der Waals surface area contributed by atoms with Crippen LogP contribution in [0.1, 0.15) is 30.2 Å². The van der Waals surface area contributed by atoms with Crippen LogP contribution in [0.25, 0.3) is 11.4 Å². The second kappa shape index (κ2) is 11.6. The van der Waals surface area contributed by atoms with Gasteiger partial charge in [-0.3, -0.25) is 9.78 Å². The molecule has 3 aromatic rings. The van der Waals surface area contributed by atoms with Gasteiger partial charge in [0.25, 0.3) is 0 Å². The minimum absolute atomic E-state index is 0. The molecule has 2 N–H and O–H groups in total. The van der Waals surface area contributed by atoms with Gasteiger partial charge in [0.2, 0.25) is 17.6 Å². The van der Waals surface area contributed by atoms with E-state index in [4.69, 9.17) is 10.3 Å². The van der Waals surface area contributed by atoms with Gasteiger partial charge in [0.15, 0.2) is 0 Å². The molecule has 1 aromatic carbocycles. The van der Waals surface area contributed by atoms with Crippen molar-refractivity contribution in [1.29, 1.82) is 0 Å². The van der Waals surface area contributed by atoms with Gasteiger partial charge in [-0.05, 0) is 49.1 Å². The Morgan fingerprint density at radius 3 is 2.42 bits per heavy atom. The molecular formula is C21H24BrCl2N5O2. The first-order valence-corrected chi connectivity index (χ1v) is 10.4. The molecule has 0 unspecified atom stereocenters. The van der Waals surface area contributed by atoms with E-state index in [0.717, 1.165) is 28.4 Å². The summed E-state index contributed by atoms with van der Waals surface area (Å²) in [6.07, 6.45) is 5.51. The van der Waals surface area contributed by atoms with Gasteiger partial charge in [-0.2, -0.15) is 4.98 Å². The third kappa shape index (κ3) is 6.26. The van der Waals surface area contributed by atoms with Crippen LogP contribution in [-0.2, 0) is 11.2 Å². The van der Waals surface area contributed by atoms with Crippen molar-refractivity contribution >= 4 is 46.7 Å². The molecule has 1 atom stereocenters. The lowest BCUT2D eigenvalue weighted by Gasteiger charge is -2.32. The highest BCUT2D eigenvalue weighted by Gasteiger charge is 2.29. The first kappa shape index (κ1) is 25.3. The Bertz CT molecular complexity index is 963. The van der Waals surface area contributed by atoms with E-state index in [0.29, 0.717) is 31.2 Å². The van der Waals surface area contributed by atoms with Gasteiger partial charge in [0, 0.05) is 41.4 Å². The molecule has 0 saturated carbocycles. The largest absolute Gasteiger partial charge is 0.341 e. The zero-order valence-corrected chi connectivity index (χ0v) is 19.9. The van der Waals surface area contributed by atoms with Crippen LogP contribution in [-0.4, -0.2) is 45.1 Å². The van der Waals surface area contributed by atoms with E-state index in [1.54, 1.807) is 12.4 Å². The summed E-state index contributed by atoms with van der Waals surface area (Å²) in [7, 11) is 0. The Morgan fingerprint density at radius 2 is 1.77 bits per heavy atom. The maximum Gasteiger partial charge on any atom is 0.239 e. The molecule has 31 heavy (non-hydrogen) atoms. The number of carbonyl (C=O) groups is 1. The van der Waals surface area contributed by atoms with Crippen LogP contribution >= 0.6 is 40.7 Å². The lowest BCUT2D eigenvalue weighted by molar-refractivity contribution is -0.133. The SMILES string of the molecule is Cl.Cl.N[C@H](Cc1ccc(Br)cc1)C(=O)N1CCC(c2nc(-c3ccncc3)no2)CC1. The number of hydrogen-bond donors (Lipinski definition) is 1. The number of amides is 1. The molecule has 1 saturated heterocycles. The van der Waals surface area contributed by atoms with Crippen molar-refractivity contribution in [2.24, 2.45) is 5.73 Å². The van der Waals surface area contributed by atoms with Crippen molar-refractivity contribution in [2.45, 2.75) is 31.2 Å². The summed E-state index contributed by atoms with van der Waals surface area (Å²) in [5.41, 5.74) is 8.11. The standard InChI is InChI=1S/C21H22BrN5O2.2ClH/c22-17-3-1-14(2-4-17)13-18(23)21(28)27-11-7-16(8-12-27)20-25-19(26-29-20)15-5-9-24-10-6-15;;/h1-6,9-10,16,18H,7-8,11-13,23H2;2*1H/t18-;;/m1../s1. The minimum atomic E-state index is -0.533. The highest BCUT2D eigenvalue weighted by Crippen LogP contribution is 2.28. The second-order valence-corrected chi connectivity index (χ2v) is 8.14. The predicted molar refractivity (Wildman–Crippen MR) is 126 cm³/mol. The number of halogens is 3. The lowest BCUT2D eigenvalue weighted by Crippen LogP contribution is -2.47. The molecule has 1 aliphatic heterocycles. The van der Waals surface area contributed by atoms with Crippen LogP contribution in [0.15, 0.2) is 57.8 Å². The van der Waals surface area contributed by atoms with E-state index >= 15 is 0 Å². The smallest absolute Gasteiger partial charge is 0.239 e. The molecule has 7 nitrogen and oxygen atoms in total. The average Bonchev–Trinajstić information content (AvgIpc) is 3.26. The number of nitrogens with two attached hydrogens (primary N) is 1. The number of pyridine rings is 1. The van der Waals surface area contributed by atoms with Gasteiger partial charge in [0.1, 0.15) is 0 Å². The number of aromatic nitrogens is 3. The van der Waals surface area contributed by atoms with Crippen LogP contribution in [0.5, 0.6) is 0 Å². The zero-order valence-electron chi connectivity index (χ0n) is 16.7. The highest BCUT2D eigenvalue weighted by atomic mass is 79.9. The average molecular weight is 529 g/mol. The number of rotatable bonds is 5. The Morgan fingerprint density at radius 1 is 1.13 bits per heavy atom. The first-order chi connectivity index (χ1) is 14.1. The molecule has 166 valence electrons. The van der Waals surface area contributed by atoms with Gasteiger partial charge < -0.3 is 15.2 Å². The Balaban J connectivity index is 0.00000171. The predicted octanol–water partition coefficient (Wildman–Crippen LogP) is 4.01. The van der Waals surface area contributed by atoms with Crippen molar-refractivity contribution in [1.82, 2.24) is 20.0 Å². The van der Waals surface area contributed by atoms with Crippen molar-refractivity contribution in [2.75, 3.05) is 13.1 Å². The van der Waals surface area contributed by atoms with Crippen molar-refractivity contribution in [3.05, 3.63) is 64.7 Å². The van der Waals surface area contributed by atoms with E-state index < -0.39 is 6.04 Å². The van der Waals surface area contributed by atoms with E-state index in [1.165, 1.54) is 0 Å². The van der Waals surface area contributed by atoms with Gasteiger partial charge in [-0.25, -0.2) is 0 Å². The van der Waals surface area contributed by atoms with Crippen LogP contribution < -0.4 is 5.73 Å². The third-order valence-electron chi connectivity index (χ3n) is 5.22. The normalized spacial score (nSPS) is 15.0. The Kier molecular flexibility index (Phi) is 9.43. The second-order valence-electron chi connectivity index (χ2n) is 7.23. The van der Waals surface area contributed by atoms with Crippen molar-refractivity contribution < 1.29 is 9.32 Å². The van der Waals surface area contributed by atoms with E-state index in [-0.39, 0.29) is 36.6 Å². The van der Waals surface area contributed by atoms with E-state index in [2.05, 4.69) is 31.1 Å². The summed E-state index contributed by atoms with van der Waals surface area (Å²) in [6.45, 7) is 1.29. The number of benzene rings is 1. The Hall–Kier alpha value is -2.00. The van der Waals surface area contributed by atoms with Crippen LogP contribution in [0.4, 0.5) is 0 Å². The van der Waals surface area contributed by atoms with Gasteiger partial charge in [0.05, 0.1) is 6.04 Å². The van der Waals surface area contributed by atoms with Crippen LogP contribution in [0.3, 0.4) is 0 Å². The molecule has 0 aliphatic carbocycles. The van der Waals surface area contributed by atoms with Gasteiger partial charge >= 0.3 is 0 Å². The van der Waals surface area contributed by atoms with E-state index in [9.17, 15) is 4.79 Å². The molecule has 0 spiro atoms. The monoisotopic (exact) mass is 527 g/mol. The first-order valence-electron chi connectivity index (χ1n) is 9.63. The maximum absolute atomic E-state index is 12.7. The number of likely N-dealkylation sites (tertiary alicyclic amines) is 1. The maximum atomic E-state index is 12.7. The zero-order chi connectivity index (χ0) is 20.2. The highest BCUT2D eigenvalue weighted by molar-refractivity contribution is 9.10. The molecule has 1 amide bonds. The van der Waals surface area contributed by atoms with Crippen LogP contribution in [0.2, 0.25) is 0 Å². The van der Waals surface area contributed by atoms with Crippen molar-refractivity contribution in [3.8, 4) is 11.4 Å². The summed E-state index contributed by atoms with van der Waals surface area (Å²) in [4.78, 5) is 23.1. The Labute approximate surface area is 201 Å². The van der Waals surface area contributed by atoms with E-state index in [1.807, 2.05) is 41.3 Å². The molecule has 1 fully saturated rings. The fraction of sp³-hybridized carbons (Fsp3) is 0.333. The number of carbonyl (C=O) groups excluding carboxylic acids is 1. The summed E-state index contributed by atoms with van der Waals surface area (Å²) in [5.74, 6) is 1.35. The van der Waals surface area contributed by atoms with Crippen molar-refractivity contribution in [3.63, 3.8) is 0 Å². The van der Waals surface area contributed by atoms with Gasteiger partial charge in [-0.15, -0.1) is 24.8 Å². The molecule has 10 heteroatoms. The molecule has 4 rings (SSSR count). The molecule has 1 aliphatic rings. The van der Waals surface area contributed by atoms with Crippen LogP contribution in [0, 0.1) is 0 Å². The summed E-state index contributed by atoms with van der Waals surface area (Å²) in [5, 5.41) is 4.08. The third-order valence-corrected chi connectivity index (χ3v) is 5.75. The topological polar surface area (TPSA) is 98.1 Å². The molecule has 0 radical (unpaired) electrons. The number of nitrogens with zero attached hydrogens (tertiary/aromatic N) is 4. The summed E-state index contributed by atoms with van der Waals surface area (Å²) in [6, 6.07) is 11.1. The minimum Gasteiger partial charge on any atom is -0.341 e. The molecular weight excluding hydrogens is 505 g/mol. The lowest BCUT2D eigenvalue weighted by atomic mass is 9.95. The fourth-order valence-corrected chi connectivity index (χ4v) is 3.83. The summed E-state index contributed by atoms with van der Waals surface area (Å²) < 4.78 is 6.49. The molecule has 0 bridgehead atoms. The molecule has 2 aromatic heterocycles. The fourth-order valence-electron chi connectivity index (χ4n) is 3.56. The quantitative estimate of drug-likeness (QED) is 0.537.